The Morgan fingerprint density at radius 3 is 2.60 bits per heavy atom. The molecule has 1 fully saturated rings. The van der Waals surface area contributed by atoms with Crippen LogP contribution in [0.3, 0.4) is 0 Å². The van der Waals surface area contributed by atoms with Crippen LogP contribution in [0.15, 0.2) is 0 Å². The third-order valence-electron chi connectivity index (χ3n) is 1.84. The molecule has 0 aromatic carbocycles. The van der Waals surface area contributed by atoms with E-state index >= 15 is 0 Å². The fraction of sp³-hybridized carbons (Fsp3) is 1.00. The minimum absolute atomic E-state index is 0.525. The van der Waals surface area contributed by atoms with Crippen molar-refractivity contribution in [1.29, 1.82) is 0 Å². The summed E-state index contributed by atoms with van der Waals surface area (Å²) < 4.78 is 0. The van der Waals surface area contributed by atoms with Gasteiger partial charge in [-0.15, -0.1) is 0 Å². The molecule has 2 atom stereocenters. The molecule has 0 saturated carbocycles. The van der Waals surface area contributed by atoms with Crippen LogP contribution in [0.2, 0.25) is 0 Å². The molecule has 0 bridgehead atoms. The van der Waals surface area contributed by atoms with Gasteiger partial charge in [0.25, 0.3) is 0 Å². The van der Waals surface area contributed by atoms with E-state index < -0.39 is 7.84 Å². The zero-order chi connectivity index (χ0) is 7.23. The molecule has 1 aliphatic rings. The summed E-state index contributed by atoms with van der Waals surface area (Å²) in [6, 6.07) is 0. The third-order valence-corrected chi connectivity index (χ3v) is 5.96. The molecule has 0 radical (unpaired) electrons. The van der Waals surface area contributed by atoms with E-state index in [0.29, 0.717) is 0 Å². The van der Waals surface area contributed by atoms with Crippen LogP contribution in [-0.2, 0) is 0 Å². The Balaban J connectivity index is 2.15. The van der Waals surface area contributed by atoms with Gasteiger partial charge in [-0.05, 0) is 25.2 Å². The second-order valence-corrected chi connectivity index (χ2v) is 7.36. The zero-order valence-corrected chi connectivity index (χ0v) is 8.24. The van der Waals surface area contributed by atoms with Crippen LogP contribution in [0.1, 0.15) is 32.1 Å². The summed E-state index contributed by atoms with van der Waals surface area (Å²) in [5.74, 6) is 0. The Labute approximate surface area is 66.1 Å². The van der Waals surface area contributed by atoms with Gasteiger partial charge in [-0.1, -0.05) is 27.5 Å². The van der Waals surface area contributed by atoms with E-state index in [1.165, 1.54) is 38.3 Å². The maximum Gasteiger partial charge on any atom is 0.0459 e. The third kappa shape index (κ3) is 3.86. The highest BCUT2D eigenvalue weighted by atomic mass is 32.1. The van der Waals surface area contributed by atoms with Crippen molar-refractivity contribution in [1.82, 2.24) is 0 Å². The highest BCUT2D eigenvalue weighted by Crippen LogP contribution is 2.52. The summed E-state index contributed by atoms with van der Waals surface area (Å²) in [5.41, 5.74) is 0. The molecule has 1 saturated heterocycles. The molecule has 60 valence electrons. The minimum atomic E-state index is -0.525. The molecule has 10 heavy (non-hydrogen) atoms. The molecule has 1 N–H and O–H groups in total. The topological polar surface area (TPSA) is 20.2 Å². The van der Waals surface area contributed by atoms with Gasteiger partial charge in [0.05, 0.1) is 0 Å². The molecule has 0 aliphatic carbocycles. The first-order valence-electron chi connectivity index (χ1n) is 4.09. The number of hydrogen-bond acceptors (Lipinski definition) is 1. The minimum Gasteiger partial charge on any atom is -0.370 e. The van der Waals surface area contributed by atoms with Crippen molar-refractivity contribution < 1.29 is 4.89 Å². The second-order valence-electron chi connectivity index (χ2n) is 2.80. The second kappa shape index (κ2) is 5.47. The predicted octanol–water partition coefficient (Wildman–Crippen LogP) is 2.93. The standard InChI is InChI=1S/C7H16OP2/c8-10-7-5-3-1-2-4-6-9-10/h8-9H,1-7H2. The van der Waals surface area contributed by atoms with Crippen LogP contribution in [0, 0.1) is 0 Å². The van der Waals surface area contributed by atoms with Gasteiger partial charge in [-0.3, -0.25) is 0 Å². The highest BCUT2D eigenvalue weighted by Gasteiger charge is 2.05. The van der Waals surface area contributed by atoms with Crippen LogP contribution in [0.25, 0.3) is 0 Å². The summed E-state index contributed by atoms with van der Waals surface area (Å²) in [5, 5.41) is 0. The smallest absolute Gasteiger partial charge is 0.0459 e. The molecule has 1 heterocycles. The van der Waals surface area contributed by atoms with Crippen molar-refractivity contribution in [2.24, 2.45) is 0 Å². The molecule has 0 amide bonds. The maximum atomic E-state index is 9.42. The summed E-state index contributed by atoms with van der Waals surface area (Å²) >= 11 is 0. The normalized spacial score (nSPS) is 32.7. The lowest BCUT2D eigenvalue weighted by molar-refractivity contribution is 0.625. The largest absolute Gasteiger partial charge is 0.370 e. The van der Waals surface area contributed by atoms with Gasteiger partial charge >= 0.3 is 0 Å². The lowest BCUT2D eigenvalue weighted by Crippen LogP contribution is -1.79. The Morgan fingerprint density at radius 1 is 1.00 bits per heavy atom. The predicted molar refractivity (Wildman–Crippen MR) is 50.3 cm³/mol. The number of rotatable bonds is 0. The Bertz CT molecular complexity index is 77.7. The van der Waals surface area contributed by atoms with Gasteiger partial charge in [0, 0.05) is 7.84 Å². The van der Waals surface area contributed by atoms with Crippen molar-refractivity contribution in [3.63, 3.8) is 0 Å². The maximum absolute atomic E-state index is 9.42. The van der Waals surface area contributed by atoms with Crippen LogP contribution < -0.4 is 0 Å². The van der Waals surface area contributed by atoms with E-state index in [-0.39, 0.29) is 0 Å². The highest BCUT2D eigenvalue weighted by molar-refractivity contribution is 8.18. The first-order chi connectivity index (χ1) is 4.89. The van der Waals surface area contributed by atoms with E-state index in [2.05, 4.69) is 0 Å². The molecule has 1 nitrogen and oxygen atoms in total. The molecule has 2 unspecified atom stereocenters. The molecule has 0 aromatic heterocycles. The van der Waals surface area contributed by atoms with Crippen LogP contribution in [0.5, 0.6) is 0 Å². The van der Waals surface area contributed by atoms with E-state index in [4.69, 9.17) is 0 Å². The number of hydrogen-bond donors (Lipinski definition) is 1. The van der Waals surface area contributed by atoms with Crippen molar-refractivity contribution in [3.05, 3.63) is 0 Å². The first-order valence-corrected chi connectivity index (χ1v) is 7.62. The monoisotopic (exact) mass is 178 g/mol. The average molecular weight is 178 g/mol. The quantitative estimate of drug-likeness (QED) is 0.565. The van der Waals surface area contributed by atoms with Crippen molar-refractivity contribution in [2.75, 3.05) is 12.3 Å². The Morgan fingerprint density at radius 2 is 1.70 bits per heavy atom. The zero-order valence-electron chi connectivity index (χ0n) is 6.34. The summed E-state index contributed by atoms with van der Waals surface area (Å²) in [6.45, 7) is 0. The fourth-order valence-electron chi connectivity index (χ4n) is 1.20. The van der Waals surface area contributed by atoms with Gasteiger partial charge in [-0.25, -0.2) is 0 Å². The van der Waals surface area contributed by atoms with Crippen LogP contribution in [-0.4, -0.2) is 17.2 Å². The average Bonchev–Trinajstić information content (AvgIpc) is 2.02. The summed E-state index contributed by atoms with van der Waals surface area (Å²) in [7, 11) is 0.355. The van der Waals surface area contributed by atoms with Gasteiger partial charge in [-0.2, -0.15) is 0 Å². The van der Waals surface area contributed by atoms with Gasteiger partial charge in [0.2, 0.25) is 0 Å². The van der Waals surface area contributed by atoms with Crippen LogP contribution >= 0.6 is 16.1 Å². The van der Waals surface area contributed by atoms with Crippen molar-refractivity contribution in [3.8, 4) is 0 Å². The van der Waals surface area contributed by atoms with E-state index in [1.807, 2.05) is 0 Å². The SMILES string of the molecule is OP1CCCCCCCP1. The molecule has 0 spiro atoms. The lowest BCUT2D eigenvalue weighted by Gasteiger charge is -2.06. The Kier molecular flexibility index (Phi) is 4.87. The molecular weight excluding hydrogens is 162 g/mol. The van der Waals surface area contributed by atoms with E-state index in [0.717, 1.165) is 14.4 Å². The van der Waals surface area contributed by atoms with Gasteiger partial charge in [0.15, 0.2) is 0 Å². The molecule has 3 heteroatoms. The summed E-state index contributed by atoms with van der Waals surface area (Å²) in [4.78, 5) is 9.42. The van der Waals surface area contributed by atoms with Crippen molar-refractivity contribution in [2.45, 2.75) is 32.1 Å². The first kappa shape index (κ1) is 8.91. The van der Waals surface area contributed by atoms with E-state index in [9.17, 15) is 4.89 Å². The molecular formula is C7H16OP2. The summed E-state index contributed by atoms with van der Waals surface area (Å²) in [6.07, 6.45) is 9.19. The molecule has 0 aromatic rings. The molecule has 1 rings (SSSR count). The fourth-order valence-corrected chi connectivity index (χ4v) is 4.75. The lowest BCUT2D eigenvalue weighted by atomic mass is 10.2. The van der Waals surface area contributed by atoms with Gasteiger partial charge < -0.3 is 4.89 Å². The van der Waals surface area contributed by atoms with Crippen molar-refractivity contribution >= 4 is 16.1 Å². The molecule has 1 aliphatic heterocycles. The van der Waals surface area contributed by atoms with E-state index in [1.54, 1.807) is 0 Å². The van der Waals surface area contributed by atoms with Gasteiger partial charge in [0.1, 0.15) is 0 Å². The Hall–Kier alpha value is 0.820. The van der Waals surface area contributed by atoms with Crippen LogP contribution in [0.4, 0.5) is 0 Å².